The van der Waals surface area contributed by atoms with Crippen molar-refractivity contribution in [3.8, 4) is 0 Å². The average molecular weight is 427 g/mol. The van der Waals surface area contributed by atoms with Crippen LogP contribution < -0.4 is 5.56 Å². The Morgan fingerprint density at radius 1 is 1.27 bits per heavy atom. The molecule has 0 spiro atoms. The molecule has 1 N–H and O–H groups in total. The van der Waals surface area contributed by atoms with E-state index in [0.717, 1.165) is 17.7 Å². The van der Waals surface area contributed by atoms with Gasteiger partial charge in [-0.1, -0.05) is 55.9 Å². The molecule has 30 heavy (non-hydrogen) atoms. The van der Waals surface area contributed by atoms with E-state index in [0.29, 0.717) is 41.7 Å². The Bertz CT molecular complexity index is 1060. The van der Waals surface area contributed by atoms with Crippen LogP contribution in [-0.4, -0.2) is 37.6 Å². The van der Waals surface area contributed by atoms with Crippen molar-refractivity contribution in [1.82, 2.24) is 19.4 Å². The lowest BCUT2D eigenvalue weighted by Gasteiger charge is -2.21. The minimum atomic E-state index is -0.0691. The highest BCUT2D eigenvalue weighted by Gasteiger charge is 2.17. The van der Waals surface area contributed by atoms with E-state index in [1.54, 1.807) is 4.57 Å². The number of aromatic nitrogens is 3. The molecule has 0 aliphatic rings. The van der Waals surface area contributed by atoms with Gasteiger partial charge in [-0.3, -0.25) is 14.2 Å². The minimum absolute atomic E-state index is 0.0429. The number of carbonyl (C=O) groups excluding carboxylic acids is 1. The fraction of sp³-hybridized carbons (Fsp3) is 0.435. The third-order valence-electron chi connectivity index (χ3n) is 5.04. The second-order valence-electron chi connectivity index (χ2n) is 7.93. The van der Waals surface area contributed by atoms with Gasteiger partial charge in [0.1, 0.15) is 5.52 Å². The van der Waals surface area contributed by atoms with Crippen LogP contribution in [0.4, 0.5) is 0 Å². The van der Waals surface area contributed by atoms with Crippen molar-refractivity contribution < 1.29 is 4.79 Å². The van der Waals surface area contributed by atoms with Crippen LogP contribution in [0.1, 0.15) is 38.4 Å². The van der Waals surface area contributed by atoms with Gasteiger partial charge in [-0.25, -0.2) is 4.98 Å². The van der Waals surface area contributed by atoms with Gasteiger partial charge < -0.3 is 9.88 Å². The highest BCUT2D eigenvalue weighted by Crippen LogP contribution is 2.20. The van der Waals surface area contributed by atoms with Crippen LogP contribution in [0, 0.1) is 12.8 Å². The smallest absolute Gasteiger partial charge is 0.278 e. The van der Waals surface area contributed by atoms with E-state index < -0.39 is 0 Å². The number of benzene rings is 1. The maximum absolute atomic E-state index is 13.0. The van der Waals surface area contributed by atoms with E-state index in [2.05, 4.69) is 18.8 Å². The first kappa shape index (κ1) is 22.2. The van der Waals surface area contributed by atoms with Crippen LogP contribution >= 0.6 is 11.8 Å². The second kappa shape index (κ2) is 9.98. The summed E-state index contributed by atoms with van der Waals surface area (Å²) in [6.07, 6.45) is 0.878. The van der Waals surface area contributed by atoms with Crippen LogP contribution in [0.15, 0.2) is 46.3 Å². The van der Waals surface area contributed by atoms with E-state index in [1.807, 2.05) is 55.1 Å². The second-order valence-corrected chi connectivity index (χ2v) is 8.87. The normalized spacial score (nSPS) is 11.4. The number of carbonyl (C=O) groups is 1. The maximum atomic E-state index is 13.0. The molecule has 0 saturated carbocycles. The van der Waals surface area contributed by atoms with Crippen LogP contribution in [0.2, 0.25) is 0 Å². The number of fused-ring (bicyclic) bond motifs is 1. The molecular formula is C23H30N4O2S. The van der Waals surface area contributed by atoms with E-state index in [-0.39, 0.29) is 17.2 Å². The van der Waals surface area contributed by atoms with Gasteiger partial charge >= 0.3 is 0 Å². The Hall–Kier alpha value is -2.54. The van der Waals surface area contributed by atoms with Gasteiger partial charge in [-0.2, -0.15) is 0 Å². The molecule has 0 atom stereocenters. The standard InChI is InChI=1S/C23H30N4O2S/c1-5-26(14-18-9-7-6-8-10-18)20(28)15-30-23-25-19-13-17(4)24-21(19)22(29)27(23)12-11-16(2)3/h6-10,13,16,24H,5,11-12,14-15H2,1-4H3. The van der Waals surface area contributed by atoms with Crippen LogP contribution in [0.25, 0.3) is 11.0 Å². The first-order valence-electron chi connectivity index (χ1n) is 10.4. The molecule has 2 heterocycles. The van der Waals surface area contributed by atoms with Gasteiger partial charge in [-0.15, -0.1) is 0 Å². The van der Waals surface area contributed by atoms with Crippen molar-refractivity contribution in [3.05, 3.63) is 58.0 Å². The number of hydrogen-bond acceptors (Lipinski definition) is 4. The summed E-state index contributed by atoms with van der Waals surface area (Å²) < 4.78 is 1.71. The highest BCUT2D eigenvalue weighted by atomic mass is 32.2. The summed E-state index contributed by atoms with van der Waals surface area (Å²) in [6.45, 7) is 9.98. The summed E-state index contributed by atoms with van der Waals surface area (Å²) in [5, 5.41) is 0.608. The zero-order valence-corrected chi connectivity index (χ0v) is 19.0. The lowest BCUT2D eigenvalue weighted by atomic mass is 10.1. The molecule has 1 aromatic carbocycles. The fourth-order valence-corrected chi connectivity index (χ4v) is 4.23. The van der Waals surface area contributed by atoms with E-state index >= 15 is 0 Å². The van der Waals surface area contributed by atoms with Crippen LogP contribution in [0.3, 0.4) is 0 Å². The predicted molar refractivity (Wildman–Crippen MR) is 123 cm³/mol. The molecule has 3 rings (SSSR count). The topological polar surface area (TPSA) is 71.0 Å². The number of thioether (sulfide) groups is 1. The quantitative estimate of drug-likeness (QED) is 0.411. The van der Waals surface area contributed by atoms with Crippen molar-refractivity contribution in [1.29, 1.82) is 0 Å². The highest BCUT2D eigenvalue weighted by molar-refractivity contribution is 7.99. The third-order valence-corrected chi connectivity index (χ3v) is 6.00. The van der Waals surface area contributed by atoms with Gasteiger partial charge in [0.2, 0.25) is 5.91 Å². The molecule has 0 radical (unpaired) electrons. The van der Waals surface area contributed by atoms with E-state index in [9.17, 15) is 9.59 Å². The maximum Gasteiger partial charge on any atom is 0.278 e. The molecule has 6 nitrogen and oxygen atoms in total. The van der Waals surface area contributed by atoms with Crippen LogP contribution in [0.5, 0.6) is 0 Å². The Labute approximate surface area is 181 Å². The molecule has 2 aromatic heterocycles. The molecule has 1 amide bonds. The number of hydrogen-bond donors (Lipinski definition) is 1. The molecule has 160 valence electrons. The summed E-state index contributed by atoms with van der Waals surface area (Å²) >= 11 is 1.35. The van der Waals surface area contributed by atoms with Crippen molar-refractivity contribution in [3.63, 3.8) is 0 Å². The Balaban J connectivity index is 1.80. The monoisotopic (exact) mass is 426 g/mol. The molecule has 0 aliphatic carbocycles. The number of nitrogens with one attached hydrogen (secondary N) is 1. The largest absolute Gasteiger partial charge is 0.353 e. The van der Waals surface area contributed by atoms with Gasteiger partial charge in [-0.05, 0) is 37.8 Å². The minimum Gasteiger partial charge on any atom is -0.353 e. The first-order chi connectivity index (χ1) is 14.4. The molecule has 0 bridgehead atoms. The molecule has 0 fully saturated rings. The fourth-order valence-electron chi connectivity index (χ4n) is 3.30. The average Bonchev–Trinajstić information content (AvgIpc) is 3.10. The zero-order chi connectivity index (χ0) is 21.7. The van der Waals surface area contributed by atoms with Crippen LogP contribution in [-0.2, 0) is 17.9 Å². The molecule has 7 heteroatoms. The molecule has 0 saturated heterocycles. The number of amides is 1. The SMILES string of the molecule is CCN(Cc1ccccc1)C(=O)CSc1nc2cc(C)[nH]c2c(=O)n1CCC(C)C. The van der Waals surface area contributed by atoms with E-state index in [1.165, 1.54) is 11.8 Å². The van der Waals surface area contributed by atoms with Gasteiger partial charge in [0, 0.05) is 25.3 Å². The predicted octanol–water partition coefficient (Wildman–Crippen LogP) is 4.22. The van der Waals surface area contributed by atoms with Gasteiger partial charge in [0.05, 0.1) is 11.3 Å². The zero-order valence-electron chi connectivity index (χ0n) is 18.1. The van der Waals surface area contributed by atoms with Crippen molar-refractivity contribution in [2.75, 3.05) is 12.3 Å². The molecular weight excluding hydrogens is 396 g/mol. The number of rotatable bonds is 9. The Kier molecular flexibility index (Phi) is 7.37. The Morgan fingerprint density at radius 2 is 2.00 bits per heavy atom. The van der Waals surface area contributed by atoms with Gasteiger partial charge in [0.15, 0.2) is 5.16 Å². The first-order valence-corrected chi connectivity index (χ1v) is 11.4. The Morgan fingerprint density at radius 3 is 2.67 bits per heavy atom. The third kappa shape index (κ3) is 5.33. The van der Waals surface area contributed by atoms with E-state index in [4.69, 9.17) is 4.98 Å². The summed E-state index contributed by atoms with van der Waals surface area (Å²) in [7, 11) is 0. The van der Waals surface area contributed by atoms with Crippen molar-refractivity contribution >= 4 is 28.7 Å². The molecule has 0 unspecified atom stereocenters. The number of aromatic amines is 1. The molecule has 3 aromatic rings. The summed E-state index contributed by atoms with van der Waals surface area (Å²) in [5.74, 6) is 0.768. The summed E-state index contributed by atoms with van der Waals surface area (Å²) in [4.78, 5) is 35.6. The van der Waals surface area contributed by atoms with Crippen molar-refractivity contribution in [2.24, 2.45) is 5.92 Å². The van der Waals surface area contributed by atoms with Crippen molar-refractivity contribution in [2.45, 2.75) is 52.4 Å². The lowest BCUT2D eigenvalue weighted by Crippen LogP contribution is -2.32. The summed E-state index contributed by atoms with van der Waals surface area (Å²) in [5.41, 5.74) is 3.13. The lowest BCUT2D eigenvalue weighted by molar-refractivity contribution is -0.128. The number of H-pyrrole nitrogens is 1. The number of nitrogens with zero attached hydrogens (tertiary/aromatic N) is 3. The number of aryl methyl sites for hydroxylation is 1. The molecule has 0 aliphatic heterocycles. The van der Waals surface area contributed by atoms with Gasteiger partial charge in [0.25, 0.3) is 5.56 Å². The summed E-state index contributed by atoms with van der Waals surface area (Å²) in [6, 6.07) is 11.9.